The van der Waals surface area contributed by atoms with Crippen molar-refractivity contribution in [2.75, 3.05) is 0 Å². The maximum atomic E-state index is 9.91. The quantitative estimate of drug-likeness (QED) is 0.712. The summed E-state index contributed by atoms with van der Waals surface area (Å²) in [5.41, 5.74) is 3.63. The van der Waals surface area contributed by atoms with Crippen LogP contribution in [0.3, 0.4) is 0 Å². The fourth-order valence-electron chi connectivity index (χ4n) is 1.75. The van der Waals surface area contributed by atoms with Gasteiger partial charge in [0.15, 0.2) is 0 Å². The van der Waals surface area contributed by atoms with Crippen LogP contribution in [0.1, 0.15) is 16.7 Å². The number of hydrogen-bond donors (Lipinski definition) is 1. The van der Waals surface area contributed by atoms with Crippen molar-refractivity contribution in [3.63, 3.8) is 0 Å². The van der Waals surface area contributed by atoms with E-state index in [9.17, 15) is 5.11 Å². The van der Waals surface area contributed by atoms with E-state index in [2.05, 4.69) is 4.99 Å². The van der Waals surface area contributed by atoms with Gasteiger partial charge in [-0.3, -0.25) is 4.99 Å². The molecule has 0 radical (unpaired) electrons. The zero-order valence-corrected chi connectivity index (χ0v) is 15.2. The number of para-hydroxylation sites is 1. The van der Waals surface area contributed by atoms with Crippen LogP contribution in [0.4, 0.5) is 5.69 Å². The molecule has 0 heterocycles. The first kappa shape index (κ1) is 17.4. The summed E-state index contributed by atoms with van der Waals surface area (Å²) in [7, 11) is 9.87. The summed E-state index contributed by atoms with van der Waals surface area (Å²) >= 11 is -0.826. The Kier molecular flexibility index (Phi) is 8.13. The maximum absolute atomic E-state index is 9.91. The van der Waals surface area contributed by atoms with Crippen LogP contribution in [0.25, 0.3) is 0 Å². The van der Waals surface area contributed by atoms with Crippen molar-refractivity contribution in [3.05, 3.63) is 59.2 Å². The molecule has 0 amide bonds. The fourth-order valence-corrected chi connectivity index (χ4v) is 1.75. The van der Waals surface area contributed by atoms with Gasteiger partial charge >= 0.3 is 37.9 Å². The Morgan fingerprint density at radius 2 is 1.70 bits per heavy atom. The zero-order valence-electron chi connectivity index (χ0n) is 11.3. The Morgan fingerprint density at radius 1 is 1.10 bits per heavy atom. The molecule has 104 valence electrons. The monoisotopic (exact) mass is 385 g/mol. The molecular weight excluding hydrogens is 372 g/mol. The van der Waals surface area contributed by atoms with Crippen molar-refractivity contribution in [2.24, 2.45) is 4.99 Å². The van der Waals surface area contributed by atoms with Gasteiger partial charge in [0.25, 0.3) is 0 Å². The first-order valence-electron chi connectivity index (χ1n) is 5.94. The Hall–Kier alpha value is -0.627. The van der Waals surface area contributed by atoms with Gasteiger partial charge in [0, 0.05) is 11.8 Å². The SMILES string of the molecule is Cc1cc(C)c(O)c(C=Nc2ccccc2)c1.[Cl][Zr][Cl]. The molecule has 1 N–H and O–H groups in total. The first-order chi connectivity index (χ1) is 9.58. The van der Waals surface area contributed by atoms with E-state index in [4.69, 9.17) is 17.0 Å². The molecule has 2 aromatic carbocycles. The summed E-state index contributed by atoms with van der Waals surface area (Å²) in [6.07, 6.45) is 1.70. The van der Waals surface area contributed by atoms with Crippen molar-refractivity contribution >= 4 is 28.9 Å². The van der Waals surface area contributed by atoms with E-state index in [1.165, 1.54) is 0 Å². The third kappa shape index (κ3) is 5.79. The number of phenolic OH excluding ortho intramolecular Hbond substituents is 1. The molecule has 0 saturated carbocycles. The zero-order chi connectivity index (χ0) is 15.0. The van der Waals surface area contributed by atoms with Gasteiger partial charge in [-0.2, -0.15) is 0 Å². The van der Waals surface area contributed by atoms with Crippen LogP contribution >= 0.6 is 17.0 Å². The fraction of sp³-hybridized carbons (Fsp3) is 0.133. The van der Waals surface area contributed by atoms with Crippen molar-refractivity contribution in [2.45, 2.75) is 13.8 Å². The van der Waals surface area contributed by atoms with Crippen LogP contribution in [0, 0.1) is 13.8 Å². The van der Waals surface area contributed by atoms with Gasteiger partial charge in [-0.1, -0.05) is 24.3 Å². The van der Waals surface area contributed by atoms with E-state index in [0.29, 0.717) is 5.75 Å². The molecule has 0 atom stereocenters. The summed E-state index contributed by atoms with van der Waals surface area (Å²) in [5.74, 6) is 0.301. The minimum atomic E-state index is -0.826. The number of benzene rings is 2. The summed E-state index contributed by atoms with van der Waals surface area (Å²) in [4.78, 5) is 4.33. The molecule has 0 spiro atoms. The number of aromatic hydroxyl groups is 1. The van der Waals surface area contributed by atoms with Gasteiger partial charge < -0.3 is 5.11 Å². The van der Waals surface area contributed by atoms with Crippen molar-refractivity contribution in [1.29, 1.82) is 0 Å². The molecule has 0 aliphatic rings. The molecule has 0 unspecified atom stereocenters. The third-order valence-electron chi connectivity index (χ3n) is 2.58. The molecular formula is C15H15Cl2NOZr. The Bertz CT molecular complexity index is 574. The number of hydrogen-bond acceptors (Lipinski definition) is 2. The predicted octanol–water partition coefficient (Wildman–Crippen LogP) is 5.14. The molecule has 2 rings (SSSR count). The number of halogens is 2. The number of phenols is 1. The molecule has 0 aliphatic carbocycles. The molecule has 0 aromatic heterocycles. The van der Waals surface area contributed by atoms with E-state index in [1.807, 2.05) is 56.3 Å². The van der Waals surface area contributed by atoms with E-state index < -0.39 is 20.8 Å². The van der Waals surface area contributed by atoms with Gasteiger partial charge in [0.1, 0.15) is 5.75 Å². The molecule has 2 nitrogen and oxygen atoms in total. The summed E-state index contributed by atoms with van der Waals surface area (Å²) in [5, 5.41) is 9.91. The van der Waals surface area contributed by atoms with Crippen LogP contribution in [0.2, 0.25) is 0 Å². The Balaban J connectivity index is 0.000000612. The van der Waals surface area contributed by atoms with E-state index in [-0.39, 0.29) is 0 Å². The number of rotatable bonds is 2. The first-order valence-corrected chi connectivity index (χ1v) is 12.3. The standard InChI is InChI=1S/C15H15NO.2ClH.Zr/c1-11-8-12(2)15(17)13(9-11)10-16-14-6-4-3-5-7-14;;;/h3-10,17H,1-2H3;2*1H;/q;;;+2/p-2. The second-order valence-corrected chi connectivity index (χ2v) is 7.92. The van der Waals surface area contributed by atoms with Crippen molar-refractivity contribution in [1.82, 2.24) is 0 Å². The van der Waals surface area contributed by atoms with Crippen molar-refractivity contribution in [3.8, 4) is 5.75 Å². The minimum absolute atomic E-state index is 0.301. The summed E-state index contributed by atoms with van der Waals surface area (Å²) < 4.78 is 0. The summed E-state index contributed by atoms with van der Waals surface area (Å²) in [6, 6.07) is 13.6. The number of aryl methyl sites for hydroxylation is 2. The van der Waals surface area contributed by atoms with Crippen LogP contribution in [-0.2, 0) is 20.8 Å². The topological polar surface area (TPSA) is 32.6 Å². The number of aliphatic imine (C=N–C) groups is 1. The second kappa shape index (κ2) is 9.34. The van der Waals surface area contributed by atoms with E-state index >= 15 is 0 Å². The molecule has 5 heteroatoms. The van der Waals surface area contributed by atoms with E-state index in [1.54, 1.807) is 6.21 Å². The molecule has 0 bridgehead atoms. The van der Waals surface area contributed by atoms with Gasteiger partial charge in [0.05, 0.1) is 5.69 Å². The molecule has 20 heavy (non-hydrogen) atoms. The van der Waals surface area contributed by atoms with E-state index in [0.717, 1.165) is 22.4 Å². The average molecular weight is 387 g/mol. The van der Waals surface area contributed by atoms with Gasteiger partial charge in [-0.15, -0.1) is 0 Å². The summed E-state index contributed by atoms with van der Waals surface area (Å²) in [6.45, 7) is 3.90. The van der Waals surface area contributed by atoms with Crippen LogP contribution in [0.15, 0.2) is 47.5 Å². The van der Waals surface area contributed by atoms with Crippen LogP contribution < -0.4 is 0 Å². The second-order valence-electron chi connectivity index (χ2n) is 4.18. The molecule has 0 fully saturated rings. The number of nitrogens with zero attached hydrogens (tertiary/aromatic N) is 1. The van der Waals surface area contributed by atoms with Gasteiger partial charge in [0.2, 0.25) is 0 Å². The van der Waals surface area contributed by atoms with Crippen molar-refractivity contribution < 1.29 is 26.0 Å². The third-order valence-corrected chi connectivity index (χ3v) is 2.58. The average Bonchev–Trinajstić information content (AvgIpc) is 2.43. The van der Waals surface area contributed by atoms with Gasteiger partial charge in [-0.25, -0.2) is 0 Å². The van der Waals surface area contributed by atoms with Crippen LogP contribution in [-0.4, -0.2) is 11.3 Å². The van der Waals surface area contributed by atoms with Gasteiger partial charge in [-0.05, 0) is 43.2 Å². The predicted molar refractivity (Wildman–Crippen MR) is 83.0 cm³/mol. The Morgan fingerprint density at radius 3 is 2.30 bits per heavy atom. The Labute approximate surface area is 138 Å². The molecule has 0 aliphatic heterocycles. The van der Waals surface area contributed by atoms with Crippen LogP contribution in [0.5, 0.6) is 5.75 Å². The molecule has 2 aromatic rings. The normalized spacial score (nSPS) is 10.0. The molecule has 0 saturated heterocycles.